The van der Waals surface area contributed by atoms with E-state index in [0.29, 0.717) is 18.8 Å². The lowest BCUT2D eigenvalue weighted by Crippen LogP contribution is -2.27. The SMILES string of the molecule is CCn1cnnc1CCNC(=O)c1cnn(-c2cccc(C(F)(F)F)c2)c1-n1cccc1. The first kappa shape index (κ1) is 21.3. The number of benzene rings is 1. The number of amides is 1. The number of rotatable bonds is 7. The van der Waals surface area contributed by atoms with Crippen LogP contribution in [-0.2, 0) is 19.1 Å². The van der Waals surface area contributed by atoms with Gasteiger partial charge in [-0.3, -0.25) is 4.79 Å². The van der Waals surface area contributed by atoms with Crippen LogP contribution in [0.5, 0.6) is 0 Å². The minimum atomic E-state index is -4.49. The van der Waals surface area contributed by atoms with Crippen LogP contribution in [0.2, 0.25) is 0 Å². The zero-order valence-corrected chi connectivity index (χ0v) is 17.1. The van der Waals surface area contributed by atoms with Crippen LogP contribution in [0.3, 0.4) is 0 Å². The molecule has 0 spiro atoms. The molecule has 1 aromatic carbocycles. The fraction of sp³-hybridized carbons (Fsp3) is 0.238. The second kappa shape index (κ2) is 8.69. The van der Waals surface area contributed by atoms with E-state index < -0.39 is 17.6 Å². The zero-order valence-electron chi connectivity index (χ0n) is 17.1. The van der Waals surface area contributed by atoms with E-state index in [2.05, 4.69) is 20.6 Å². The number of nitrogens with zero attached hydrogens (tertiary/aromatic N) is 6. The third kappa shape index (κ3) is 4.27. The first-order valence-corrected chi connectivity index (χ1v) is 9.92. The van der Waals surface area contributed by atoms with Crippen LogP contribution < -0.4 is 5.32 Å². The fourth-order valence-electron chi connectivity index (χ4n) is 3.35. The Balaban J connectivity index is 1.62. The van der Waals surface area contributed by atoms with Crippen LogP contribution >= 0.6 is 0 Å². The molecule has 8 nitrogen and oxygen atoms in total. The monoisotopic (exact) mass is 443 g/mol. The van der Waals surface area contributed by atoms with Gasteiger partial charge in [0.05, 0.1) is 17.4 Å². The lowest BCUT2D eigenvalue weighted by atomic mass is 10.2. The van der Waals surface area contributed by atoms with Gasteiger partial charge >= 0.3 is 6.18 Å². The Hall–Kier alpha value is -3.89. The molecule has 3 aromatic heterocycles. The second-order valence-corrected chi connectivity index (χ2v) is 6.97. The van der Waals surface area contributed by atoms with Crippen LogP contribution in [0.15, 0.2) is 61.3 Å². The highest BCUT2D eigenvalue weighted by Crippen LogP contribution is 2.31. The molecule has 0 atom stereocenters. The fourth-order valence-corrected chi connectivity index (χ4v) is 3.35. The van der Waals surface area contributed by atoms with E-state index in [0.717, 1.165) is 24.5 Å². The number of aromatic nitrogens is 6. The van der Waals surface area contributed by atoms with Crippen molar-refractivity contribution in [1.82, 2.24) is 34.4 Å². The predicted octanol–water partition coefficient (Wildman–Crippen LogP) is 3.27. The molecule has 4 rings (SSSR count). The molecule has 0 aliphatic carbocycles. The summed E-state index contributed by atoms with van der Waals surface area (Å²) in [5.74, 6) is 0.691. The maximum Gasteiger partial charge on any atom is 0.416 e. The second-order valence-electron chi connectivity index (χ2n) is 6.97. The van der Waals surface area contributed by atoms with Crippen LogP contribution in [0, 0.1) is 0 Å². The molecular formula is C21H20F3N7O. The number of aryl methyl sites for hydroxylation is 1. The minimum Gasteiger partial charge on any atom is -0.351 e. The molecule has 0 aliphatic rings. The summed E-state index contributed by atoms with van der Waals surface area (Å²) in [6.45, 7) is 3.01. The van der Waals surface area contributed by atoms with E-state index in [-0.39, 0.29) is 11.3 Å². The zero-order chi connectivity index (χ0) is 22.7. The van der Waals surface area contributed by atoms with Crippen molar-refractivity contribution >= 4 is 5.91 Å². The van der Waals surface area contributed by atoms with Crippen LogP contribution in [0.25, 0.3) is 11.5 Å². The third-order valence-electron chi connectivity index (χ3n) is 4.93. The largest absolute Gasteiger partial charge is 0.416 e. The van der Waals surface area contributed by atoms with Crippen molar-refractivity contribution in [2.45, 2.75) is 26.1 Å². The average molecular weight is 443 g/mol. The third-order valence-corrected chi connectivity index (χ3v) is 4.93. The number of carbonyl (C=O) groups excluding carboxylic acids is 1. The van der Waals surface area contributed by atoms with Gasteiger partial charge in [0.2, 0.25) is 0 Å². The van der Waals surface area contributed by atoms with Gasteiger partial charge in [0, 0.05) is 31.9 Å². The lowest BCUT2D eigenvalue weighted by Gasteiger charge is -2.13. The van der Waals surface area contributed by atoms with Crippen molar-refractivity contribution < 1.29 is 18.0 Å². The number of carbonyl (C=O) groups is 1. The highest BCUT2D eigenvalue weighted by molar-refractivity contribution is 5.97. The van der Waals surface area contributed by atoms with E-state index in [4.69, 9.17) is 0 Å². The Morgan fingerprint density at radius 1 is 1.16 bits per heavy atom. The van der Waals surface area contributed by atoms with Gasteiger partial charge in [0.1, 0.15) is 17.7 Å². The molecule has 3 heterocycles. The van der Waals surface area contributed by atoms with Crippen molar-refractivity contribution in [2.75, 3.05) is 6.54 Å². The van der Waals surface area contributed by atoms with Crippen molar-refractivity contribution in [3.8, 4) is 11.5 Å². The number of hydrogen-bond donors (Lipinski definition) is 1. The summed E-state index contributed by atoms with van der Waals surface area (Å²) in [5.41, 5.74) is -0.371. The maximum atomic E-state index is 13.2. The molecule has 0 unspecified atom stereocenters. The summed E-state index contributed by atoms with van der Waals surface area (Å²) in [4.78, 5) is 12.9. The van der Waals surface area contributed by atoms with Crippen molar-refractivity contribution in [3.63, 3.8) is 0 Å². The van der Waals surface area contributed by atoms with Gasteiger partial charge in [0.15, 0.2) is 5.82 Å². The molecule has 11 heteroatoms. The summed E-state index contributed by atoms with van der Waals surface area (Å²) in [5, 5.41) is 14.9. The van der Waals surface area contributed by atoms with E-state index in [1.807, 2.05) is 11.5 Å². The Morgan fingerprint density at radius 2 is 1.94 bits per heavy atom. The van der Waals surface area contributed by atoms with Crippen molar-refractivity contribution in [3.05, 3.63) is 78.3 Å². The average Bonchev–Trinajstić information content (AvgIpc) is 3.52. The summed E-state index contributed by atoms with van der Waals surface area (Å²) in [6, 6.07) is 8.31. The Morgan fingerprint density at radius 3 is 2.66 bits per heavy atom. The highest BCUT2D eigenvalue weighted by atomic mass is 19.4. The molecule has 0 bridgehead atoms. The number of hydrogen-bond acceptors (Lipinski definition) is 4. The summed E-state index contributed by atoms with van der Waals surface area (Å²) in [6.07, 6.45) is 2.36. The molecule has 0 radical (unpaired) electrons. The topological polar surface area (TPSA) is 82.6 Å². The number of nitrogens with one attached hydrogen (secondary N) is 1. The van der Waals surface area contributed by atoms with Gasteiger partial charge in [-0.15, -0.1) is 10.2 Å². The first-order chi connectivity index (χ1) is 15.4. The van der Waals surface area contributed by atoms with Crippen molar-refractivity contribution in [2.24, 2.45) is 0 Å². The molecule has 0 saturated carbocycles. The highest BCUT2D eigenvalue weighted by Gasteiger charge is 2.31. The molecule has 166 valence electrons. The summed E-state index contributed by atoms with van der Waals surface area (Å²) >= 11 is 0. The van der Waals surface area contributed by atoms with Crippen LogP contribution in [-0.4, -0.2) is 41.6 Å². The van der Waals surface area contributed by atoms with E-state index in [1.165, 1.54) is 23.0 Å². The van der Waals surface area contributed by atoms with Gasteiger partial charge < -0.3 is 14.5 Å². The van der Waals surface area contributed by atoms with Crippen molar-refractivity contribution in [1.29, 1.82) is 0 Å². The maximum absolute atomic E-state index is 13.2. The summed E-state index contributed by atoms with van der Waals surface area (Å²) < 4.78 is 44.4. The molecule has 1 amide bonds. The van der Waals surface area contributed by atoms with Gasteiger partial charge in [-0.1, -0.05) is 6.07 Å². The molecule has 4 aromatic rings. The van der Waals surface area contributed by atoms with Gasteiger partial charge in [-0.2, -0.15) is 18.3 Å². The Bertz CT molecular complexity index is 1210. The number of halogens is 3. The summed E-state index contributed by atoms with van der Waals surface area (Å²) in [7, 11) is 0. The van der Waals surface area contributed by atoms with Gasteiger partial charge in [-0.25, -0.2) is 4.68 Å². The number of alkyl halides is 3. The molecule has 0 aliphatic heterocycles. The standard InChI is InChI=1S/C21H20F3N7O/c1-2-29-14-26-28-18(29)8-9-25-19(32)17-13-27-31(20(17)30-10-3-4-11-30)16-7-5-6-15(12-16)21(22,23)24/h3-7,10-14H,2,8-9H2,1H3,(H,25,32). The molecule has 0 fully saturated rings. The van der Waals surface area contributed by atoms with E-state index >= 15 is 0 Å². The predicted molar refractivity (Wildman–Crippen MR) is 110 cm³/mol. The molecule has 0 saturated heterocycles. The first-order valence-electron chi connectivity index (χ1n) is 9.92. The normalized spacial score (nSPS) is 11.6. The lowest BCUT2D eigenvalue weighted by molar-refractivity contribution is -0.137. The minimum absolute atomic E-state index is 0.193. The molecule has 1 N–H and O–H groups in total. The van der Waals surface area contributed by atoms with Crippen LogP contribution in [0.4, 0.5) is 13.2 Å². The molecular weight excluding hydrogens is 423 g/mol. The van der Waals surface area contributed by atoms with Gasteiger partial charge in [0.25, 0.3) is 5.91 Å². The van der Waals surface area contributed by atoms with E-state index in [9.17, 15) is 18.0 Å². The Kier molecular flexibility index (Phi) is 5.80. The quantitative estimate of drug-likeness (QED) is 0.475. The van der Waals surface area contributed by atoms with E-state index in [1.54, 1.807) is 35.4 Å². The smallest absolute Gasteiger partial charge is 0.351 e. The Labute approximate surface area is 181 Å². The van der Waals surface area contributed by atoms with Gasteiger partial charge in [-0.05, 0) is 37.3 Å². The van der Waals surface area contributed by atoms with Crippen LogP contribution in [0.1, 0.15) is 28.7 Å². The molecule has 32 heavy (non-hydrogen) atoms.